The van der Waals surface area contributed by atoms with Crippen LogP contribution in [-0.4, -0.2) is 29.1 Å². The van der Waals surface area contributed by atoms with Gasteiger partial charge in [0.15, 0.2) is 8.32 Å². The highest BCUT2D eigenvalue weighted by molar-refractivity contribution is 6.74. The van der Waals surface area contributed by atoms with E-state index in [1.807, 2.05) is 0 Å². The standard InChI is InChI=1S/C13H27OSi.2CH3.Al/c1-11(2)9-12(3)10-14-15(7,8)13(4,5)6;;;/h1,12H,9-10H2,2-8H3;2*1H3;/t12-;;;/m0.../s1. The number of allylic oxidation sites excluding steroid dienone is 1. The number of hydrogen-bond donors (Lipinski definition) is 0. The predicted molar refractivity (Wildman–Crippen MR) is 88.2 cm³/mol. The van der Waals surface area contributed by atoms with Crippen molar-refractivity contribution in [3.63, 3.8) is 0 Å². The Balaban J connectivity index is 4.24. The first kappa shape index (κ1) is 18.4. The van der Waals surface area contributed by atoms with Gasteiger partial charge in [-0.05, 0) is 37.4 Å². The van der Waals surface area contributed by atoms with Crippen LogP contribution in [0.3, 0.4) is 0 Å². The van der Waals surface area contributed by atoms with Crippen molar-refractivity contribution < 1.29 is 4.43 Å². The lowest BCUT2D eigenvalue weighted by Crippen LogP contribution is -2.41. The Morgan fingerprint density at radius 2 is 1.78 bits per heavy atom. The molecule has 0 rings (SSSR count). The van der Waals surface area contributed by atoms with E-state index >= 15 is 0 Å². The van der Waals surface area contributed by atoms with Crippen molar-refractivity contribution >= 4 is 22.5 Å². The zero-order chi connectivity index (χ0) is 14.6. The lowest BCUT2D eigenvalue weighted by molar-refractivity contribution is 0.237. The van der Waals surface area contributed by atoms with Gasteiger partial charge in [-0.1, -0.05) is 33.3 Å². The van der Waals surface area contributed by atoms with Crippen LogP contribution in [0.4, 0.5) is 0 Å². The van der Waals surface area contributed by atoms with E-state index < -0.39 is 22.5 Å². The summed E-state index contributed by atoms with van der Waals surface area (Å²) in [6, 6.07) is 0. The molecule has 3 heteroatoms. The molecule has 0 aliphatic carbocycles. The molecule has 0 aliphatic heterocycles. The second kappa shape index (κ2) is 7.29. The topological polar surface area (TPSA) is 9.23 Å². The van der Waals surface area contributed by atoms with E-state index in [4.69, 9.17) is 4.43 Å². The third-order valence-electron chi connectivity index (χ3n) is 3.82. The summed E-state index contributed by atoms with van der Waals surface area (Å²) in [4.78, 5) is 2.50. The Morgan fingerprint density at radius 3 is 2.17 bits per heavy atom. The van der Waals surface area contributed by atoms with Gasteiger partial charge in [-0.2, -0.15) is 0 Å². The number of rotatable bonds is 6. The summed E-state index contributed by atoms with van der Waals surface area (Å²) in [5, 5.41) is 0.322. The first-order valence-electron chi connectivity index (χ1n) is 7.27. The SMILES string of the molecule is C/C(=[CH]\[Al]([CH3])[CH3])C[C@H](C)CO[Si](C)(C)C(C)(C)C. The van der Waals surface area contributed by atoms with Crippen molar-refractivity contribution in [3.8, 4) is 0 Å². The summed E-state index contributed by atoms with van der Waals surface area (Å²) in [6.45, 7) is 17.1. The van der Waals surface area contributed by atoms with E-state index in [0.717, 1.165) is 6.61 Å². The van der Waals surface area contributed by atoms with Gasteiger partial charge in [0.05, 0.1) is 0 Å². The maximum Gasteiger partial charge on any atom is 0.288 e. The average molecular weight is 284 g/mol. The van der Waals surface area contributed by atoms with Gasteiger partial charge >= 0.3 is 0 Å². The van der Waals surface area contributed by atoms with E-state index in [0.29, 0.717) is 11.0 Å². The van der Waals surface area contributed by atoms with Crippen LogP contribution < -0.4 is 0 Å². The smallest absolute Gasteiger partial charge is 0.288 e. The summed E-state index contributed by atoms with van der Waals surface area (Å²) < 4.78 is 6.28. The maximum atomic E-state index is 6.28. The van der Waals surface area contributed by atoms with Crippen LogP contribution >= 0.6 is 0 Å². The fourth-order valence-electron chi connectivity index (χ4n) is 1.81. The fraction of sp³-hybridized carbons (Fsp3) is 0.867. The summed E-state index contributed by atoms with van der Waals surface area (Å²) in [5.74, 6) is 5.39. The lowest BCUT2D eigenvalue weighted by atomic mass is 10.1. The fourth-order valence-corrected chi connectivity index (χ4v) is 4.22. The Kier molecular flexibility index (Phi) is 7.47. The van der Waals surface area contributed by atoms with Gasteiger partial charge in [-0.3, -0.25) is 0 Å². The Hall–Kier alpha value is 0.449. The Bertz CT molecular complexity index is 277. The highest BCUT2D eigenvalue weighted by Gasteiger charge is 2.37. The minimum atomic E-state index is -1.56. The van der Waals surface area contributed by atoms with E-state index in [1.54, 1.807) is 5.57 Å². The molecule has 18 heavy (non-hydrogen) atoms. The highest BCUT2D eigenvalue weighted by atomic mass is 28.4. The van der Waals surface area contributed by atoms with Crippen LogP contribution in [0.15, 0.2) is 10.5 Å². The third kappa shape index (κ3) is 7.14. The molecule has 0 spiro atoms. The summed E-state index contributed by atoms with van der Waals surface area (Å²) in [7, 11) is -1.56. The number of hydrogen-bond acceptors (Lipinski definition) is 1. The molecule has 0 N–H and O–H groups in total. The van der Waals surface area contributed by atoms with E-state index in [2.05, 4.69) is 64.2 Å². The van der Waals surface area contributed by atoms with Crippen molar-refractivity contribution in [2.24, 2.45) is 5.92 Å². The molecular weight excluding hydrogens is 251 g/mol. The van der Waals surface area contributed by atoms with Crippen molar-refractivity contribution in [1.29, 1.82) is 0 Å². The molecule has 0 unspecified atom stereocenters. The normalized spacial score (nSPS) is 15.7. The first-order chi connectivity index (χ1) is 7.95. The minimum absolute atomic E-state index is 0.322. The molecule has 0 bridgehead atoms. The molecular formula is C15H33AlOSi. The van der Waals surface area contributed by atoms with Crippen LogP contribution in [0.25, 0.3) is 0 Å². The van der Waals surface area contributed by atoms with E-state index in [1.165, 1.54) is 6.42 Å². The van der Waals surface area contributed by atoms with E-state index in [9.17, 15) is 0 Å². The monoisotopic (exact) mass is 284 g/mol. The summed E-state index contributed by atoms with van der Waals surface area (Å²) in [5.41, 5.74) is 1.56. The van der Waals surface area contributed by atoms with Gasteiger partial charge < -0.3 is 4.43 Å². The van der Waals surface area contributed by atoms with Crippen molar-refractivity contribution in [3.05, 3.63) is 10.5 Å². The second-order valence-electron chi connectivity index (χ2n) is 7.64. The molecule has 0 saturated heterocycles. The Labute approximate surface area is 121 Å². The highest BCUT2D eigenvalue weighted by Crippen LogP contribution is 2.36. The molecule has 0 aromatic carbocycles. The first-order valence-corrected chi connectivity index (χ1v) is 13.2. The average Bonchev–Trinajstić information content (AvgIpc) is 2.11. The van der Waals surface area contributed by atoms with Gasteiger partial charge in [0.1, 0.15) is 0 Å². The molecule has 0 aromatic heterocycles. The zero-order valence-electron chi connectivity index (χ0n) is 14.1. The largest absolute Gasteiger partial charge is 0.417 e. The van der Waals surface area contributed by atoms with Gasteiger partial charge in [-0.25, -0.2) is 0 Å². The molecule has 106 valence electrons. The predicted octanol–water partition coefficient (Wildman–Crippen LogP) is 5.27. The summed E-state index contributed by atoms with van der Waals surface area (Å²) in [6.07, 6.45) is 1.19. The van der Waals surface area contributed by atoms with Gasteiger partial charge in [0.2, 0.25) is 0 Å². The second-order valence-corrected chi connectivity index (χ2v) is 15.3. The van der Waals surface area contributed by atoms with Crippen LogP contribution in [0.2, 0.25) is 29.7 Å². The molecule has 1 nitrogen and oxygen atoms in total. The lowest BCUT2D eigenvalue weighted by Gasteiger charge is -2.37. The molecule has 0 saturated carbocycles. The van der Waals surface area contributed by atoms with Crippen LogP contribution in [0, 0.1) is 5.92 Å². The van der Waals surface area contributed by atoms with Gasteiger partial charge in [0.25, 0.3) is 14.1 Å². The minimum Gasteiger partial charge on any atom is -0.417 e. The molecule has 0 radical (unpaired) electrons. The molecule has 0 aliphatic rings. The van der Waals surface area contributed by atoms with Crippen LogP contribution in [-0.2, 0) is 4.43 Å². The van der Waals surface area contributed by atoms with Crippen molar-refractivity contribution in [2.75, 3.05) is 6.61 Å². The third-order valence-corrected chi connectivity index (χ3v) is 9.56. The molecule has 0 amide bonds. The quantitative estimate of drug-likeness (QED) is 0.603. The van der Waals surface area contributed by atoms with Crippen LogP contribution in [0.1, 0.15) is 41.0 Å². The van der Waals surface area contributed by atoms with Gasteiger partial charge in [0, 0.05) is 6.61 Å². The maximum absolute atomic E-state index is 6.28. The van der Waals surface area contributed by atoms with Crippen molar-refractivity contribution in [1.82, 2.24) is 0 Å². The molecule has 0 fully saturated rings. The van der Waals surface area contributed by atoms with Crippen molar-refractivity contribution in [2.45, 2.75) is 70.7 Å². The summed E-state index contributed by atoms with van der Waals surface area (Å²) >= 11 is -0.562. The van der Waals surface area contributed by atoms with Gasteiger partial charge in [-0.15, -0.1) is 16.5 Å². The van der Waals surface area contributed by atoms with Crippen LogP contribution in [0.5, 0.6) is 0 Å². The molecule has 0 heterocycles. The van der Waals surface area contributed by atoms with E-state index in [-0.39, 0.29) is 0 Å². The Morgan fingerprint density at radius 1 is 1.28 bits per heavy atom. The molecule has 1 atom stereocenters. The zero-order valence-corrected chi connectivity index (χ0v) is 16.2. The molecule has 0 aromatic rings.